The summed E-state index contributed by atoms with van der Waals surface area (Å²) >= 11 is 2.75. The van der Waals surface area contributed by atoms with Crippen LogP contribution in [0.5, 0.6) is 0 Å². The second-order valence-electron chi connectivity index (χ2n) is 12.8. The van der Waals surface area contributed by atoms with Crippen LogP contribution in [0.3, 0.4) is 0 Å². The molecule has 5 aromatic rings. The van der Waals surface area contributed by atoms with Gasteiger partial charge in [0.25, 0.3) is 17.5 Å². The lowest BCUT2D eigenvalue weighted by atomic mass is 9.83. The minimum atomic E-state index is -0.624. The normalized spacial score (nSPS) is 14.2. The van der Waals surface area contributed by atoms with Crippen molar-refractivity contribution in [3.8, 4) is 0 Å². The molecule has 3 N–H and O–H groups in total. The van der Waals surface area contributed by atoms with Gasteiger partial charge in [0.15, 0.2) is 0 Å². The van der Waals surface area contributed by atoms with Gasteiger partial charge in [-0.25, -0.2) is 4.79 Å². The van der Waals surface area contributed by atoms with E-state index in [-0.39, 0.29) is 17.3 Å². The summed E-state index contributed by atoms with van der Waals surface area (Å²) in [5, 5.41) is 19.6. The van der Waals surface area contributed by atoms with E-state index >= 15 is 0 Å². The van der Waals surface area contributed by atoms with Gasteiger partial charge in [0, 0.05) is 33.2 Å². The van der Waals surface area contributed by atoms with Gasteiger partial charge in [0.1, 0.15) is 10.7 Å². The first-order chi connectivity index (χ1) is 26.6. The first-order valence-electron chi connectivity index (χ1n) is 17.6. The van der Waals surface area contributed by atoms with Crippen LogP contribution in [0.15, 0.2) is 120 Å². The lowest BCUT2D eigenvalue weighted by molar-refractivity contribution is -0.384. The fourth-order valence-electron chi connectivity index (χ4n) is 6.33. The number of esters is 1. The second-order valence-corrected chi connectivity index (χ2v) is 15.1. The maximum Gasteiger partial charge on any atom is 0.341 e. The third-order valence-corrected chi connectivity index (χ3v) is 11.7. The molecule has 55 heavy (non-hydrogen) atoms. The molecule has 1 heterocycles. The molecule has 0 saturated carbocycles. The van der Waals surface area contributed by atoms with Gasteiger partial charge < -0.3 is 20.7 Å². The molecule has 0 bridgehead atoms. The molecule has 3 amide bonds. The van der Waals surface area contributed by atoms with Crippen molar-refractivity contribution >= 4 is 69.2 Å². The van der Waals surface area contributed by atoms with Crippen molar-refractivity contribution in [2.24, 2.45) is 0 Å². The van der Waals surface area contributed by atoms with E-state index in [9.17, 15) is 29.3 Å². The van der Waals surface area contributed by atoms with Crippen molar-refractivity contribution in [3.63, 3.8) is 0 Å². The summed E-state index contributed by atoms with van der Waals surface area (Å²) in [4.78, 5) is 65.9. The Bertz CT molecular complexity index is 2240. The Kier molecular flexibility index (Phi) is 12.5. The number of nitrogens with one attached hydrogen (secondary N) is 3. The van der Waals surface area contributed by atoms with Gasteiger partial charge in [-0.05, 0) is 96.8 Å². The fraction of sp³-hybridized carbons (Fsp3) is 0.190. The highest BCUT2D eigenvalue weighted by Crippen LogP contribution is 2.43. The number of rotatable bonds is 13. The number of ether oxygens (including phenoxy) is 1. The number of thiophene rings is 1. The molecule has 0 radical (unpaired) electrons. The predicted molar refractivity (Wildman–Crippen MR) is 215 cm³/mol. The van der Waals surface area contributed by atoms with Crippen molar-refractivity contribution in [1.82, 2.24) is 5.32 Å². The SMILES string of the molecule is CCC(Sc1cccc(NC(=O)/C(=C\c2ccc([N+](=O)[O-])cc2)NC(=O)c2ccccc2)c1)C(=O)Nc1sc2c(c1C(=O)OC)CCC(c1ccccc1)C2. The maximum absolute atomic E-state index is 13.8. The van der Waals surface area contributed by atoms with Gasteiger partial charge in [-0.2, -0.15) is 0 Å². The Morgan fingerprint density at radius 1 is 0.945 bits per heavy atom. The first kappa shape index (κ1) is 38.7. The number of amides is 3. The number of nitrogens with zero attached hydrogens (tertiary/aromatic N) is 1. The standard InChI is InChI=1S/C42H38N4O7S2/c1-3-35(40(49)45-41-37(42(50)53-2)33-22-19-29(24-36(33)55-41)27-11-6-4-7-12-27)54-32-16-10-15-30(25-32)43-39(48)34(44-38(47)28-13-8-5-9-14-28)23-26-17-20-31(21-18-26)46(51)52/h4-18,20-21,23,25,29,35H,3,19,22,24H2,1-2H3,(H,43,48)(H,44,47)(H,45,49)/b34-23+. The molecule has 2 unspecified atom stereocenters. The summed E-state index contributed by atoms with van der Waals surface area (Å²) in [6.45, 7) is 1.90. The van der Waals surface area contributed by atoms with Crippen LogP contribution in [0.1, 0.15) is 68.0 Å². The zero-order chi connectivity index (χ0) is 38.9. The number of nitro benzene ring substituents is 1. The molecular formula is C42H38N4O7S2. The summed E-state index contributed by atoms with van der Waals surface area (Å²) in [6, 6.07) is 31.3. The minimum absolute atomic E-state index is 0.0817. The summed E-state index contributed by atoms with van der Waals surface area (Å²) < 4.78 is 5.15. The Morgan fingerprint density at radius 2 is 1.65 bits per heavy atom. The molecule has 2 atom stereocenters. The molecule has 4 aromatic carbocycles. The van der Waals surface area contributed by atoms with E-state index in [2.05, 4.69) is 28.1 Å². The number of anilines is 2. The number of carbonyl (C=O) groups excluding carboxylic acids is 4. The van der Waals surface area contributed by atoms with Gasteiger partial charge in [0.05, 0.1) is 22.8 Å². The number of hydrogen-bond donors (Lipinski definition) is 3. The van der Waals surface area contributed by atoms with Gasteiger partial charge >= 0.3 is 5.97 Å². The second kappa shape index (κ2) is 17.9. The molecule has 13 heteroatoms. The van der Waals surface area contributed by atoms with Crippen LogP contribution in [0.25, 0.3) is 6.08 Å². The monoisotopic (exact) mass is 774 g/mol. The molecule has 1 aromatic heterocycles. The van der Waals surface area contributed by atoms with Crippen LogP contribution in [0.2, 0.25) is 0 Å². The number of fused-ring (bicyclic) bond motifs is 1. The molecule has 0 saturated heterocycles. The Morgan fingerprint density at radius 3 is 2.33 bits per heavy atom. The van der Waals surface area contributed by atoms with Crippen LogP contribution in [0, 0.1) is 10.1 Å². The molecule has 6 rings (SSSR count). The van der Waals surface area contributed by atoms with Crippen LogP contribution >= 0.6 is 23.1 Å². The largest absolute Gasteiger partial charge is 0.465 e. The number of nitro groups is 1. The average Bonchev–Trinajstić information content (AvgIpc) is 3.57. The van der Waals surface area contributed by atoms with Crippen LogP contribution in [-0.4, -0.2) is 41.0 Å². The number of benzene rings is 4. The lowest BCUT2D eigenvalue weighted by Gasteiger charge is -2.22. The third kappa shape index (κ3) is 9.55. The predicted octanol–water partition coefficient (Wildman–Crippen LogP) is 8.63. The fourth-order valence-corrected chi connectivity index (χ4v) is 8.66. The van der Waals surface area contributed by atoms with Crippen molar-refractivity contribution in [1.29, 1.82) is 0 Å². The maximum atomic E-state index is 13.8. The van der Waals surface area contributed by atoms with E-state index in [1.807, 2.05) is 31.2 Å². The van der Waals surface area contributed by atoms with Crippen molar-refractivity contribution in [3.05, 3.63) is 158 Å². The summed E-state index contributed by atoms with van der Waals surface area (Å²) in [5.74, 6) is -1.55. The molecule has 1 aliphatic rings. The number of hydrogen-bond acceptors (Lipinski definition) is 9. The van der Waals surface area contributed by atoms with Gasteiger partial charge in [-0.3, -0.25) is 24.5 Å². The van der Waals surface area contributed by atoms with Gasteiger partial charge in [-0.15, -0.1) is 23.1 Å². The average molecular weight is 775 g/mol. The Balaban J connectivity index is 1.17. The topological polar surface area (TPSA) is 157 Å². The zero-order valence-corrected chi connectivity index (χ0v) is 31.7. The molecule has 1 aliphatic carbocycles. The summed E-state index contributed by atoms with van der Waals surface area (Å²) in [6.07, 6.45) is 4.28. The van der Waals surface area contributed by atoms with Crippen molar-refractivity contribution < 1.29 is 28.8 Å². The molecule has 0 aliphatic heterocycles. The zero-order valence-electron chi connectivity index (χ0n) is 30.1. The quantitative estimate of drug-likeness (QED) is 0.0353. The van der Waals surface area contributed by atoms with Crippen LogP contribution in [0.4, 0.5) is 16.4 Å². The van der Waals surface area contributed by atoms with Gasteiger partial charge in [-0.1, -0.05) is 61.5 Å². The third-order valence-electron chi connectivity index (χ3n) is 9.14. The number of thioether (sulfide) groups is 1. The number of non-ortho nitro benzene ring substituents is 1. The van der Waals surface area contributed by atoms with E-state index < -0.39 is 28.0 Å². The van der Waals surface area contributed by atoms with Gasteiger partial charge in [0.2, 0.25) is 5.91 Å². The smallest absolute Gasteiger partial charge is 0.341 e. The number of carbonyl (C=O) groups is 4. The van der Waals surface area contributed by atoms with Crippen LogP contribution < -0.4 is 16.0 Å². The summed E-state index contributed by atoms with van der Waals surface area (Å²) in [7, 11) is 1.34. The number of methoxy groups -OCH3 is 1. The molecule has 0 fully saturated rings. The lowest BCUT2D eigenvalue weighted by Crippen LogP contribution is -2.30. The molecule has 280 valence electrons. The van der Waals surface area contributed by atoms with E-state index in [4.69, 9.17) is 4.74 Å². The van der Waals surface area contributed by atoms with E-state index in [1.165, 1.54) is 66.1 Å². The molecular weight excluding hydrogens is 737 g/mol. The van der Waals surface area contributed by atoms with E-state index in [0.29, 0.717) is 51.0 Å². The molecule has 11 nitrogen and oxygen atoms in total. The van der Waals surface area contributed by atoms with Crippen molar-refractivity contribution in [2.75, 3.05) is 17.7 Å². The summed E-state index contributed by atoms with van der Waals surface area (Å²) in [5.41, 5.74) is 3.63. The highest BCUT2D eigenvalue weighted by atomic mass is 32.2. The highest BCUT2D eigenvalue weighted by Gasteiger charge is 2.32. The Labute approximate surface area is 326 Å². The minimum Gasteiger partial charge on any atom is -0.465 e. The van der Waals surface area contributed by atoms with E-state index in [1.54, 1.807) is 48.5 Å². The van der Waals surface area contributed by atoms with Crippen LogP contribution in [-0.2, 0) is 27.2 Å². The first-order valence-corrected chi connectivity index (χ1v) is 19.3. The van der Waals surface area contributed by atoms with Crippen molar-refractivity contribution in [2.45, 2.75) is 48.7 Å². The Hall–Kier alpha value is -6.05. The highest BCUT2D eigenvalue weighted by molar-refractivity contribution is 8.00. The molecule has 0 spiro atoms. The van der Waals surface area contributed by atoms with E-state index in [0.717, 1.165) is 23.3 Å².